The number of aryl methyl sites for hydroxylation is 1. The smallest absolute Gasteiger partial charge is 0.207 e. The SMILES string of the molecule is C=C[C@@H]1/C(=C/c2ccc(F)cc2)CN(S(=O)(=O)c2ccc(C)cc2)[C@@H]1C. The Labute approximate surface area is 154 Å². The fourth-order valence-electron chi connectivity index (χ4n) is 3.33. The van der Waals surface area contributed by atoms with Gasteiger partial charge in [-0.3, -0.25) is 0 Å². The quantitative estimate of drug-likeness (QED) is 0.747. The molecule has 0 aliphatic carbocycles. The summed E-state index contributed by atoms with van der Waals surface area (Å²) in [5, 5.41) is 0. The summed E-state index contributed by atoms with van der Waals surface area (Å²) < 4.78 is 40.8. The molecule has 1 fully saturated rings. The zero-order chi connectivity index (χ0) is 18.9. The van der Waals surface area contributed by atoms with E-state index in [1.165, 1.54) is 16.4 Å². The molecule has 1 heterocycles. The second-order valence-corrected chi connectivity index (χ2v) is 8.53. The third kappa shape index (κ3) is 3.50. The summed E-state index contributed by atoms with van der Waals surface area (Å²) in [6, 6.07) is 12.8. The van der Waals surface area contributed by atoms with Crippen molar-refractivity contribution in [3.63, 3.8) is 0 Å². The van der Waals surface area contributed by atoms with Crippen LogP contribution >= 0.6 is 0 Å². The van der Waals surface area contributed by atoms with E-state index in [0.717, 1.165) is 16.7 Å². The first kappa shape index (κ1) is 18.5. The highest BCUT2D eigenvalue weighted by molar-refractivity contribution is 7.89. The van der Waals surface area contributed by atoms with Crippen LogP contribution in [0.5, 0.6) is 0 Å². The summed E-state index contributed by atoms with van der Waals surface area (Å²) in [5.74, 6) is -0.379. The Morgan fingerprint density at radius 3 is 2.31 bits per heavy atom. The Kier molecular flexibility index (Phi) is 5.12. The minimum absolute atomic E-state index is 0.0831. The van der Waals surface area contributed by atoms with Crippen LogP contribution in [-0.2, 0) is 10.0 Å². The summed E-state index contributed by atoms with van der Waals surface area (Å²) in [7, 11) is -3.59. The molecule has 0 spiro atoms. The van der Waals surface area contributed by atoms with Gasteiger partial charge in [0.25, 0.3) is 0 Å². The van der Waals surface area contributed by atoms with Crippen LogP contribution < -0.4 is 0 Å². The first-order chi connectivity index (χ1) is 12.3. The van der Waals surface area contributed by atoms with Gasteiger partial charge in [0.2, 0.25) is 10.0 Å². The molecule has 1 saturated heterocycles. The number of sulfonamides is 1. The van der Waals surface area contributed by atoms with Gasteiger partial charge in [0.1, 0.15) is 5.82 Å². The van der Waals surface area contributed by atoms with Gasteiger partial charge in [-0.2, -0.15) is 4.31 Å². The zero-order valence-corrected chi connectivity index (χ0v) is 15.7. The summed E-state index contributed by atoms with van der Waals surface area (Å²) in [4.78, 5) is 0.292. The molecule has 1 aliphatic heterocycles. The van der Waals surface area contributed by atoms with Gasteiger partial charge in [-0.1, -0.05) is 42.0 Å². The van der Waals surface area contributed by atoms with Crippen molar-refractivity contribution in [1.29, 1.82) is 0 Å². The normalized spacial score (nSPS) is 22.7. The molecule has 0 saturated carbocycles. The van der Waals surface area contributed by atoms with Crippen molar-refractivity contribution in [3.05, 3.63) is 83.7 Å². The van der Waals surface area contributed by atoms with Gasteiger partial charge in [-0.25, -0.2) is 12.8 Å². The van der Waals surface area contributed by atoms with Crippen molar-refractivity contribution in [2.24, 2.45) is 5.92 Å². The monoisotopic (exact) mass is 371 g/mol. The molecule has 0 amide bonds. The number of rotatable bonds is 4. The highest BCUT2D eigenvalue weighted by atomic mass is 32.2. The number of hydrogen-bond acceptors (Lipinski definition) is 2. The predicted octanol–water partition coefficient (Wildman–Crippen LogP) is 4.41. The van der Waals surface area contributed by atoms with E-state index in [1.54, 1.807) is 42.5 Å². The molecule has 0 N–H and O–H groups in total. The van der Waals surface area contributed by atoms with Crippen molar-refractivity contribution < 1.29 is 12.8 Å². The van der Waals surface area contributed by atoms with E-state index in [2.05, 4.69) is 6.58 Å². The molecule has 0 radical (unpaired) electrons. The minimum Gasteiger partial charge on any atom is -0.207 e. The zero-order valence-electron chi connectivity index (χ0n) is 14.9. The van der Waals surface area contributed by atoms with Crippen molar-refractivity contribution in [2.75, 3.05) is 6.54 Å². The van der Waals surface area contributed by atoms with Crippen molar-refractivity contribution in [2.45, 2.75) is 24.8 Å². The lowest BCUT2D eigenvalue weighted by Gasteiger charge is -2.22. The lowest BCUT2D eigenvalue weighted by molar-refractivity contribution is 0.385. The van der Waals surface area contributed by atoms with E-state index in [9.17, 15) is 12.8 Å². The molecule has 3 nitrogen and oxygen atoms in total. The second-order valence-electron chi connectivity index (χ2n) is 6.64. The van der Waals surface area contributed by atoms with Gasteiger partial charge in [0.15, 0.2) is 0 Å². The molecule has 0 aromatic heterocycles. The second kappa shape index (κ2) is 7.17. The van der Waals surface area contributed by atoms with E-state index in [-0.39, 0.29) is 17.8 Å². The number of hydrogen-bond donors (Lipinski definition) is 0. The molecule has 1 aliphatic rings. The predicted molar refractivity (Wildman–Crippen MR) is 103 cm³/mol. The molecule has 3 rings (SSSR count). The first-order valence-electron chi connectivity index (χ1n) is 8.50. The van der Waals surface area contributed by atoms with E-state index in [0.29, 0.717) is 11.4 Å². The highest BCUT2D eigenvalue weighted by Crippen LogP contribution is 2.35. The standard InChI is InChI=1S/C21H22FNO2S/c1-4-21-16(3)23(26(24,25)20-11-5-15(2)6-12-20)14-18(21)13-17-7-9-19(22)10-8-17/h4-13,16,21H,1,14H2,2-3H3/b18-13+/t16-,21+/m1/s1. The van der Waals surface area contributed by atoms with Crippen LogP contribution in [0, 0.1) is 18.7 Å². The maximum atomic E-state index is 13.1. The van der Waals surface area contributed by atoms with Gasteiger partial charge in [0, 0.05) is 18.5 Å². The van der Waals surface area contributed by atoms with Crippen molar-refractivity contribution in [1.82, 2.24) is 4.31 Å². The summed E-state index contributed by atoms with van der Waals surface area (Å²) >= 11 is 0. The van der Waals surface area contributed by atoms with Crippen LogP contribution in [0.25, 0.3) is 6.08 Å². The van der Waals surface area contributed by atoms with Gasteiger partial charge in [-0.05, 0) is 49.2 Å². The van der Waals surface area contributed by atoms with Crippen LogP contribution in [0.3, 0.4) is 0 Å². The minimum atomic E-state index is -3.59. The third-order valence-corrected chi connectivity index (χ3v) is 6.79. The van der Waals surface area contributed by atoms with E-state index < -0.39 is 10.0 Å². The lowest BCUT2D eigenvalue weighted by atomic mass is 9.95. The molecule has 5 heteroatoms. The molecule has 2 atom stereocenters. The Balaban J connectivity index is 1.96. The van der Waals surface area contributed by atoms with Gasteiger partial charge in [0.05, 0.1) is 4.90 Å². The van der Waals surface area contributed by atoms with Gasteiger partial charge < -0.3 is 0 Å². The Morgan fingerprint density at radius 1 is 1.12 bits per heavy atom. The number of benzene rings is 2. The lowest BCUT2D eigenvalue weighted by Crippen LogP contribution is -2.35. The molecule has 2 aromatic rings. The fourth-order valence-corrected chi connectivity index (χ4v) is 4.97. The number of halogens is 1. The van der Waals surface area contributed by atoms with Crippen LogP contribution in [0.15, 0.2) is 71.7 Å². The average Bonchev–Trinajstić information content (AvgIpc) is 2.93. The average molecular weight is 371 g/mol. The number of nitrogens with zero attached hydrogens (tertiary/aromatic N) is 1. The summed E-state index contributed by atoms with van der Waals surface area (Å²) in [6.45, 7) is 7.99. The molecular weight excluding hydrogens is 349 g/mol. The summed E-state index contributed by atoms with van der Waals surface area (Å²) in [5.41, 5.74) is 2.81. The van der Waals surface area contributed by atoms with Crippen LogP contribution in [0.1, 0.15) is 18.1 Å². The Bertz CT molecular complexity index is 931. The largest absolute Gasteiger partial charge is 0.243 e. The molecule has 136 valence electrons. The molecule has 2 aromatic carbocycles. The molecule has 0 unspecified atom stereocenters. The Morgan fingerprint density at radius 2 is 1.73 bits per heavy atom. The van der Waals surface area contributed by atoms with Crippen LogP contribution in [-0.4, -0.2) is 25.3 Å². The van der Waals surface area contributed by atoms with E-state index in [1.807, 2.05) is 19.9 Å². The molecule has 0 bridgehead atoms. The van der Waals surface area contributed by atoms with E-state index in [4.69, 9.17) is 0 Å². The highest BCUT2D eigenvalue weighted by Gasteiger charge is 2.40. The molecule has 26 heavy (non-hydrogen) atoms. The van der Waals surface area contributed by atoms with Gasteiger partial charge >= 0.3 is 0 Å². The maximum Gasteiger partial charge on any atom is 0.243 e. The van der Waals surface area contributed by atoms with Crippen LogP contribution in [0.4, 0.5) is 4.39 Å². The summed E-state index contributed by atoms with van der Waals surface area (Å²) in [6.07, 6.45) is 3.71. The van der Waals surface area contributed by atoms with E-state index >= 15 is 0 Å². The van der Waals surface area contributed by atoms with Crippen molar-refractivity contribution >= 4 is 16.1 Å². The van der Waals surface area contributed by atoms with Crippen molar-refractivity contribution in [3.8, 4) is 0 Å². The Hall–Kier alpha value is -2.24. The third-order valence-electron chi connectivity index (χ3n) is 4.84. The maximum absolute atomic E-state index is 13.1. The first-order valence-corrected chi connectivity index (χ1v) is 9.94. The fraction of sp³-hybridized carbons (Fsp3) is 0.238. The van der Waals surface area contributed by atoms with Crippen LogP contribution in [0.2, 0.25) is 0 Å². The van der Waals surface area contributed by atoms with Gasteiger partial charge in [-0.15, -0.1) is 6.58 Å². The topological polar surface area (TPSA) is 37.4 Å². The molecular formula is C21H22FNO2S.